The largest absolute Gasteiger partial charge is 0.367 e. The van der Waals surface area contributed by atoms with Gasteiger partial charge in [0.05, 0.1) is 5.69 Å². The normalized spacial score (nSPS) is 20.4. The predicted octanol–water partition coefficient (Wildman–Crippen LogP) is 2.15. The molecule has 1 saturated heterocycles. The molecule has 16 heavy (non-hydrogen) atoms. The van der Waals surface area contributed by atoms with E-state index in [9.17, 15) is 8.78 Å². The molecule has 1 atom stereocenters. The lowest BCUT2D eigenvalue weighted by Gasteiger charge is -2.19. The van der Waals surface area contributed by atoms with Crippen LogP contribution in [0.4, 0.5) is 14.5 Å². The third-order valence-corrected chi connectivity index (χ3v) is 2.95. The highest BCUT2D eigenvalue weighted by Gasteiger charge is 2.24. The van der Waals surface area contributed by atoms with Crippen LogP contribution in [0.25, 0.3) is 0 Å². The van der Waals surface area contributed by atoms with Crippen LogP contribution in [0.3, 0.4) is 0 Å². The molecule has 0 aliphatic carbocycles. The molecule has 4 heteroatoms. The van der Waals surface area contributed by atoms with Crippen molar-refractivity contribution in [3.05, 3.63) is 29.8 Å². The van der Waals surface area contributed by atoms with Gasteiger partial charge in [0, 0.05) is 19.1 Å². The van der Waals surface area contributed by atoms with Gasteiger partial charge in [-0.1, -0.05) is 13.0 Å². The third kappa shape index (κ3) is 2.16. The molecule has 1 fully saturated rings. The van der Waals surface area contributed by atoms with Gasteiger partial charge < -0.3 is 10.2 Å². The van der Waals surface area contributed by atoms with Gasteiger partial charge in [-0.3, -0.25) is 0 Å². The van der Waals surface area contributed by atoms with Crippen LogP contribution in [0.5, 0.6) is 0 Å². The van der Waals surface area contributed by atoms with Gasteiger partial charge >= 0.3 is 0 Å². The number of rotatable bonds is 3. The van der Waals surface area contributed by atoms with Gasteiger partial charge in [-0.25, -0.2) is 8.78 Å². The Balaban J connectivity index is 2.11. The van der Waals surface area contributed by atoms with E-state index in [2.05, 4.69) is 5.32 Å². The Morgan fingerprint density at radius 1 is 1.44 bits per heavy atom. The van der Waals surface area contributed by atoms with Crippen LogP contribution in [0.1, 0.15) is 13.3 Å². The van der Waals surface area contributed by atoms with Crippen molar-refractivity contribution in [2.45, 2.75) is 19.4 Å². The Hall–Kier alpha value is -1.16. The zero-order valence-corrected chi connectivity index (χ0v) is 9.34. The molecule has 0 aromatic heterocycles. The number of nitrogens with zero attached hydrogens (tertiary/aromatic N) is 1. The smallest absolute Gasteiger partial charge is 0.182 e. The molecule has 2 rings (SSSR count). The number of likely N-dealkylation sites (N-methyl/N-ethyl adjacent to an activating group) is 1. The Labute approximate surface area is 94.3 Å². The van der Waals surface area contributed by atoms with E-state index in [4.69, 9.17) is 0 Å². The monoisotopic (exact) mass is 226 g/mol. The number of benzene rings is 1. The molecular weight excluding hydrogens is 210 g/mol. The van der Waals surface area contributed by atoms with Crippen LogP contribution in [-0.4, -0.2) is 25.7 Å². The molecular formula is C12H16F2N2. The second-order valence-corrected chi connectivity index (χ2v) is 4.06. The van der Waals surface area contributed by atoms with E-state index in [-0.39, 0.29) is 0 Å². The summed E-state index contributed by atoms with van der Waals surface area (Å²) < 4.78 is 26.6. The van der Waals surface area contributed by atoms with E-state index in [1.54, 1.807) is 12.1 Å². The van der Waals surface area contributed by atoms with Gasteiger partial charge in [0.2, 0.25) is 0 Å². The van der Waals surface area contributed by atoms with E-state index in [1.807, 2.05) is 11.8 Å². The van der Waals surface area contributed by atoms with Crippen molar-refractivity contribution in [2.24, 2.45) is 0 Å². The van der Waals surface area contributed by atoms with E-state index in [1.165, 1.54) is 0 Å². The van der Waals surface area contributed by atoms with Crippen LogP contribution < -0.4 is 10.2 Å². The molecule has 0 bridgehead atoms. The molecule has 1 aliphatic heterocycles. The van der Waals surface area contributed by atoms with Gasteiger partial charge in [-0.2, -0.15) is 0 Å². The van der Waals surface area contributed by atoms with Crippen LogP contribution in [0.2, 0.25) is 0 Å². The van der Waals surface area contributed by atoms with Gasteiger partial charge in [-0.15, -0.1) is 0 Å². The van der Waals surface area contributed by atoms with E-state index in [0.29, 0.717) is 11.7 Å². The van der Waals surface area contributed by atoms with Crippen LogP contribution in [0.15, 0.2) is 18.2 Å². The zero-order valence-electron chi connectivity index (χ0n) is 9.34. The Bertz CT molecular complexity index is 368. The fraction of sp³-hybridized carbons (Fsp3) is 0.500. The lowest BCUT2D eigenvalue weighted by Crippen LogP contribution is -2.32. The first-order chi connectivity index (χ1) is 7.72. The average Bonchev–Trinajstić information content (AvgIpc) is 2.71. The van der Waals surface area contributed by atoms with Gasteiger partial charge in [0.15, 0.2) is 11.6 Å². The summed E-state index contributed by atoms with van der Waals surface area (Å²) in [6.45, 7) is 4.47. The number of hydrogen-bond acceptors (Lipinski definition) is 2. The Kier molecular flexibility index (Phi) is 3.39. The van der Waals surface area contributed by atoms with Gasteiger partial charge in [0.1, 0.15) is 0 Å². The fourth-order valence-corrected chi connectivity index (χ4v) is 2.17. The molecule has 1 N–H and O–H groups in total. The third-order valence-electron chi connectivity index (χ3n) is 2.95. The average molecular weight is 226 g/mol. The molecule has 0 saturated carbocycles. The Morgan fingerprint density at radius 3 is 3.00 bits per heavy atom. The molecule has 1 unspecified atom stereocenters. The van der Waals surface area contributed by atoms with Gasteiger partial charge in [-0.05, 0) is 25.1 Å². The first-order valence-corrected chi connectivity index (χ1v) is 5.64. The van der Waals surface area contributed by atoms with Crippen molar-refractivity contribution in [1.29, 1.82) is 0 Å². The standard InChI is InChI=1S/C12H16F2N2/c1-2-15-9-6-7-16(8-9)11-5-3-4-10(13)12(11)14/h3-5,9,15H,2,6-8H2,1H3. The number of anilines is 1. The number of nitrogens with one attached hydrogen (secondary N) is 1. The lowest BCUT2D eigenvalue weighted by molar-refractivity contribution is 0.507. The molecule has 0 radical (unpaired) electrons. The summed E-state index contributed by atoms with van der Waals surface area (Å²) in [5.74, 6) is -1.51. The molecule has 88 valence electrons. The molecule has 2 nitrogen and oxygen atoms in total. The Morgan fingerprint density at radius 2 is 2.25 bits per heavy atom. The van der Waals surface area contributed by atoms with Crippen molar-refractivity contribution < 1.29 is 8.78 Å². The quantitative estimate of drug-likeness (QED) is 0.849. The molecule has 0 spiro atoms. The maximum Gasteiger partial charge on any atom is 0.182 e. The first kappa shape index (κ1) is 11.3. The number of halogens is 2. The molecule has 1 aromatic carbocycles. The summed E-state index contributed by atoms with van der Waals surface area (Å²) in [5, 5.41) is 3.32. The van der Waals surface area contributed by atoms with E-state index < -0.39 is 11.6 Å². The predicted molar refractivity (Wildman–Crippen MR) is 60.7 cm³/mol. The van der Waals surface area contributed by atoms with Crippen LogP contribution in [-0.2, 0) is 0 Å². The SMILES string of the molecule is CCNC1CCN(c2cccc(F)c2F)C1. The summed E-state index contributed by atoms with van der Waals surface area (Å²) in [6, 6.07) is 4.71. The highest BCUT2D eigenvalue weighted by molar-refractivity contribution is 5.49. The summed E-state index contributed by atoms with van der Waals surface area (Å²) in [4.78, 5) is 1.89. The highest BCUT2D eigenvalue weighted by Crippen LogP contribution is 2.25. The molecule has 1 heterocycles. The van der Waals surface area contributed by atoms with Gasteiger partial charge in [0.25, 0.3) is 0 Å². The zero-order chi connectivity index (χ0) is 11.5. The lowest BCUT2D eigenvalue weighted by atomic mass is 10.2. The van der Waals surface area contributed by atoms with Crippen molar-refractivity contribution in [3.63, 3.8) is 0 Å². The van der Waals surface area contributed by atoms with Crippen LogP contribution >= 0.6 is 0 Å². The molecule has 1 aromatic rings. The first-order valence-electron chi connectivity index (χ1n) is 5.64. The summed E-state index contributed by atoms with van der Waals surface area (Å²) in [5.41, 5.74) is 0.375. The van der Waals surface area contributed by atoms with E-state index >= 15 is 0 Å². The van der Waals surface area contributed by atoms with Crippen molar-refractivity contribution in [1.82, 2.24) is 5.32 Å². The van der Waals surface area contributed by atoms with E-state index in [0.717, 1.165) is 32.1 Å². The second kappa shape index (κ2) is 4.78. The topological polar surface area (TPSA) is 15.3 Å². The molecule has 1 aliphatic rings. The second-order valence-electron chi connectivity index (χ2n) is 4.06. The fourth-order valence-electron chi connectivity index (χ4n) is 2.17. The molecule has 0 amide bonds. The summed E-state index contributed by atoms with van der Waals surface area (Å²) in [6.07, 6.45) is 0.976. The van der Waals surface area contributed by atoms with Crippen molar-refractivity contribution >= 4 is 5.69 Å². The van der Waals surface area contributed by atoms with Crippen LogP contribution in [0, 0.1) is 11.6 Å². The minimum atomic E-state index is -0.774. The minimum Gasteiger partial charge on any atom is -0.367 e. The minimum absolute atomic E-state index is 0.375. The maximum atomic E-state index is 13.5. The summed E-state index contributed by atoms with van der Waals surface area (Å²) in [7, 11) is 0. The maximum absolute atomic E-state index is 13.5. The highest BCUT2D eigenvalue weighted by atomic mass is 19.2. The van der Waals surface area contributed by atoms with Crippen molar-refractivity contribution in [2.75, 3.05) is 24.5 Å². The summed E-state index contributed by atoms with van der Waals surface area (Å²) >= 11 is 0. The van der Waals surface area contributed by atoms with Crippen molar-refractivity contribution in [3.8, 4) is 0 Å². The number of hydrogen-bond donors (Lipinski definition) is 1.